The van der Waals surface area contributed by atoms with Gasteiger partial charge in [0.2, 0.25) is 0 Å². The van der Waals surface area contributed by atoms with Crippen molar-refractivity contribution in [3.05, 3.63) is 33.9 Å². The zero-order chi connectivity index (χ0) is 8.72. The third kappa shape index (κ3) is 1.03. The molecule has 12 heavy (non-hydrogen) atoms. The molecule has 0 radical (unpaired) electrons. The average Bonchev–Trinajstić information content (AvgIpc) is 2.41. The van der Waals surface area contributed by atoms with Crippen molar-refractivity contribution in [1.82, 2.24) is 9.38 Å². The van der Waals surface area contributed by atoms with E-state index in [1.807, 2.05) is 0 Å². The summed E-state index contributed by atoms with van der Waals surface area (Å²) in [6.45, 7) is 0. The van der Waals surface area contributed by atoms with Gasteiger partial charge in [0.25, 0.3) is 0 Å². The van der Waals surface area contributed by atoms with Gasteiger partial charge in [-0.25, -0.2) is 9.37 Å². The number of hydrogen-bond donors (Lipinski definition) is 0. The van der Waals surface area contributed by atoms with Crippen LogP contribution in [0.15, 0.2) is 23.1 Å². The molecule has 2 aromatic rings. The topological polar surface area (TPSA) is 17.3 Å². The smallest absolute Gasteiger partial charge is 0.184 e. The maximum Gasteiger partial charge on any atom is 0.184 e. The van der Waals surface area contributed by atoms with Crippen molar-refractivity contribution >= 4 is 33.2 Å². The number of pyridine rings is 1. The molecule has 0 spiro atoms. The first kappa shape index (κ1) is 8.01. The Morgan fingerprint density at radius 3 is 3.08 bits per heavy atom. The molecule has 0 saturated heterocycles. The number of rotatable bonds is 0. The normalized spacial score (nSPS) is 10.9. The Labute approximate surface area is 81.1 Å². The molecule has 2 nitrogen and oxygen atoms in total. The number of nitrogens with zero attached hydrogens (tertiary/aromatic N) is 2. The molecule has 0 unspecified atom stereocenters. The van der Waals surface area contributed by atoms with Crippen LogP contribution in [-0.4, -0.2) is 9.38 Å². The molecular formula is C7H3BrClFN2. The summed E-state index contributed by atoms with van der Waals surface area (Å²) < 4.78 is 15.4. The minimum absolute atomic E-state index is 0.0839. The van der Waals surface area contributed by atoms with Gasteiger partial charge in [-0.3, -0.25) is 4.40 Å². The molecule has 2 rings (SSSR count). The minimum atomic E-state index is -0.495. The van der Waals surface area contributed by atoms with Gasteiger partial charge in [-0.15, -0.1) is 0 Å². The Bertz CT molecular complexity index is 440. The summed E-state index contributed by atoms with van der Waals surface area (Å²) in [4.78, 5) is 3.84. The van der Waals surface area contributed by atoms with E-state index in [1.165, 1.54) is 12.3 Å². The van der Waals surface area contributed by atoms with Crippen molar-refractivity contribution in [3.63, 3.8) is 0 Å². The molecule has 0 aromatic carbocycles. The van der Waals surface area contributed by atoms with Gasteiger partial charge in [0.1, 0.15) is 4.60 Å². The summed E-state index contributed by atoms with van der Waals surface area (Å²) >= 11 is 8.77. The molecular weight excluding hydrogens is 246 g/mol. The molecule has 0 N–H and O–H groups in total. The van der Waals surface area contributed by atoms with Gasteiger partial charge in [-0.2, -0.15) is 0 Å². The summed E-state index contributed by atoms with van der Waals surface area (Å²) in [5.74, 6) is -0.495. The van der Waals surface area contributed by atoms with E-state index in [1.54, 1.807) is 10.6 Å². The lowest BCUT2D eigenvalue weighted by molar-refractivity contribution is 0.630. The number of imidazole rings is 1. The van der Waals surface area contributed by atoms with Crippen molar-refractivity contribution in [2.75, 3.05) is 0 Å². The number of hydrogen-bond acceptors (Lipinski definition) is 1. The standard InChI is InChI=1S/C7H3BrClFN2/c8-5-3-11-7-6(10)4(9)1-2-12(5)7/h1-3H. The van der Waals surface area contributed by atoms with Gasteiger partial charge in [0, 0.05) is 6.20 Å². The first-order valence-electron chi connectivity index (χ1n) is 3.16. The van der Waals surface area contributed by atoms with Gasteiger partial charge in [-0.1, -0.05) is 11.6 Å². The highest BCUT2D eigenvalue weighted by Gasteiger charge is 2.08. The molecule has 5 heteroatoms. The molecule has 0 aliphatic rings. The predicted octanol–water partition coefficient (Wildman–Crippen LogP) is 2.89. The van der Waals surface area contributed by atoms with Crippen molar-refractivity contribution in [2.45, 2.75) is 0 Å². The van der Waals surface area contributed by atoms with Crippen LogP contribution < -0.4 is 0 Å². The second kappa shape index (κ2) is 2.71. The maximum absolute atomic E-state index is 13.2. The van der Waals surface area contributed by atoms with Gasteiger partial charge in [-0.05, 0) is 22.0 Å². The zero-order valence-corrected chi connectivity index (χ0v) is 8.10. The second-order valence-corrected chi connectivity index (χ2v) is 3.47. The van der Waals surface area contributed by atoms with Crippen LogP contribution in [-0.2, 0) is 0 Å². The fourth-order valence-electron chi connectivity index (χ4n) is 0.964. The lowest BCUT2D eigenvalue weighted by Gasteiger charge is -1.97. The molecule has 0 saturated carbocycles. The van der Waals surface area contributed by atoms with Crippen molar-refractivity contribution in [2.24, 2.45) is 0 Å². The summed E-state index contributed by atoms with van der Waals surface area (Å²) in [7, 11) is 0. The van der Waals surface area contributed by atoms with Gasteiger partial charge < -0.3 is 0 Å². The van der Waals surface area contributed by atoms with Crippen LogP contribution in [0.1, 0.15) is 0 Å². The zero-order valence-electron chi connectivity index (χ0n) is 5.76. The van der Waals surface area contributed by atoms with E-state index in [0.29, 0.717) is 4.60 Å². The predicted molar refractivity (Wildman–Crippen MR) is 47.9 cm³/mol. The van der Waals surface area contributed by atoms with Crippen LogP contribution in [0, 0.1) is 5.82 Å². The first-order valence-corrected chi connectivity index (χ1v) is 4.34. The molecule has 62 valence electrons. The van der Waals surface area contributed by atoms with E-state index < -0.39 is 5.82 Å². The largest absolute Gasteiger partial charge is 0.292 e. The molecule has 0 aliphatic carbocycles. The molecule has 0 aliphatic heterocycles. The van der Waals surface area contributed by atoms with Crippen LogP contribution >= 0.6 is 27.5 Å². The molecule has 0 atom stereocenters. The van der Waals surface area contributed by atoms with Crippen LogP contribution in [0.25, 0.3) is 5.65 Å². The Kier molecular flexibility index (Phi) is 1.81. The molecule has 0 fully saturated rings. The van der Waals surface area contributed by atoms with Crippen LogP contribution in [0.5, 0.6) is 0 Å². The molecule has 0 bridgehead atoms. The molecule has 2 aromatic heterocycles. The van der Waals surface area contributed by atoms with E-state index in [-0.39, 0.29) is 10.7 Å². The third-order valence-corrected chi connectivity index (χ3v) is 2.41. The summed E-state index contributed by atoms with van der Waals surface area (Å²) in [5.41, 5.74) is 0.231. The van der Waals surface area contributed by atoms with Crippen LogP contribution in [0.4, 0.5) is 4.39 Å². The molecule has 2 heterocycles. The highest BCUT2D eigenvalue weighted by molar-refractivity contribution is 9.10. The van der Waals surface area contributed by atoms with Gasteiger partial charge in [0.05, 0.1) is 11.2 Å². The second-order valence-electron chi connectivity index (χ2n) is 2.25. The van der Waals surface area contributed by atoms with Crippen molar-refractivity contribution < 1.29 is 4.39 Å². The lowest BCUT2D eigenvalue weighted by Crippen LogP contribution is -1.88. The van der Waals surface area contributed by atoms with E-state index in [4.69, 9.17) is 11.6 Å². The third-order valence-electron chi connectivity index (χ3n) is 1.53. The van der Waals surface area contributed by atoms with Crippen LogP contribution in [0.3, 0.4) is 0 Å². The highest BCUT2D eigenvalue weighted by atomic mass is 79.9. The summed E-state index contributed by atoms with van der Waals surface area (Å²) in [6.07, 6.45) is 3.17. The maximum atomic E-state index is 13.2. The van der Waals surface area contributed by atoms with Crippen molar-refractivity contribution in [3.8, 4) is 0 Å². The lowest BCUT2D eigenvalue weighted by atomic mass is 10.4. The Morgan fingerprint density at radius 2 is 2.33 bits per heavy atom. The van der Waals surface area contributed by atoms with Crippen molar-refractivity contribution in [1.29, 1.82) is 0 Å². The first-order chi connectivity index (χ1) is 5.70. The quantitative estimate of drug-likeness (QED) is 0.702. The Balaban J connectivity index is 2.93. The minimum Gasteiger partial charge on any atom is -0.292 e. The average molecular weight is 249 g/mol. The van der Waals surface area contributed by atoms with Gasteiger partial charge >= 0.3 is 0 Å². The summed E-state index contributed by atoms with van der Waals surface area (Å²) in [6, 6.07) is 1.48. The molecule has 0 amide bonds. The number of aromatic nitrogens is 2. The Morgan fingerprint density at radius 1 is 1.58 bits per heavy atom. The summed E-state index contributed by atoms with van der Waals surface area (Å²) in [5, 5.41) is 0.0839. The van der Waals surface area contributed by atoms with Gasteiger partial charge in [0.15, 0.2) is 11.5 Å². The highest BCUT2D eigenvalue weighted by Crippen LogP contribution is 2.21. The monoisotopic (exact) mass is 248 g/mol. The van der Waals surface area contributed by atoms with E-state index in [9.17, 15) is 4.39 Å². The van der Waals surface area contributed by atoms with Crippen LogP contribution in [0.2, 0.25) is 5.02 Å². The van der Waals surface area contributed by atoms with E-state index >= 15 is 0 Å². The fraction of sp³-hybridized carbons (Fsp3) is 0. The number of halogens is 3. The van der Waals surface area contributed by atoms with E-state index in [0.717, 1.165) is 0 Å². The SMILES string of the molecule is Fc1c(Cl)ccn2c(Br)cnc12. The number of fused-ring (bicyclic) bond motifs is 1. The fourth-order valence-corrected chi connectivity index (χ4v) is 1.49. The van der Waals surface area contributed by atoms with E-state index in [2.05, 4.69) is 20.9 Å². The Hall–Kier alpha value is -0.610.